The summed E-state index contributed by atoms with van der Waals surface area (Å²) < 4.78 is 6.25. The lowest BCUT2D eigenvalue weighted by Gasteiger charge is -2.36. The lowest BCUT2D eigenvalue weighted by molar-refractivity contribution is -0.136. The standard InChI is InChI=1S/C23H32N2O3/c1-23(2,3)18-5-8-19(9-6-18)28-20-7-4-17-12-16(15-25-21(17)13-20)14-24-11-10-22(26)27/h4,7,12-13,15,18-19,24H,5-6,8-11,14H2,1-3H3,(H,26,27). The van der Waals surface area contributed by atoms with Gasteiger partial charge in [-0.15, -0.1) is 0 Å². The van der Waals surface area contributed by atoms with Crippen LogP contribution in [-0.2, 0) is 11.3 Å². The quantitative estimate of drug-likeness (QED) is 0.672. The van der Waals surface area contributed by atoms with Gasteiger partial charge in [0, 0.05) is 30.7 Å². The molecule has 1 aliphatic carbocycles. The number of carboxylic acid groups (broad SMARTS) is 1. The summed E-state index contributed by atoms with van der Waals surface area (Å²) >= 11 is 0. The van der Waals surface area contributed by atoms with Crippen molar-refractivity contribution >= 4 is 16.9 Å². The van der Waals surface area contributed by atoms with E-state index in [1.165, 1.54) is 12.8 Å². The second-order valence-electron chi connectivity index (χ2n) is 8.98. The monoisotopic (exact) mass is 384 g/mol. The number of carbonyl (C=O) groups is 1. The molecule has 0 spiro atoms. The summed E-state index contributed by atoms with van der Waals surface area (Å²) in [7, 11) is 0. The van der Waals surface area contributed by atoms with Crippen LogP contribution in [0, 0.1) is 11.3 Å². The molecule has 2 aromatic rings. The number of ether oxygens (including phenoxy) is 1. The van der Waals surface area contributed by atoms with Crippen molar-refractivity contribution in [2.75, 3.05) is 6.54 Å². The Balaban J connectivity index is 1.56. The number of hydrogen-bond donors (Lipinski definition) is 2. The van der Waals surface area contributed by atoms with E-state index < -0.39 is 5.97 Å². The molecule has 152 valence electrons. The van der Waals surface area contributed by atoms with Crippen LogP contribution in [0.15, 0.2) is 30.5 Å². The van der Waals surface area contributed by atoms with Crippen molar-refractivity contribution in [1.82, 2.24) is 10.3 Å². The van der Waals surface area contributed by atoms with E-state index >= 15 is 0 Å². The molecule has 0 saturated heterocycles. The molecule has 5 heteroatoms. The van der Waals surface area contributed by atoms with Gasteiger partial charge in [0.1, 0.15) is 5.75 Å². The highest BCUT2D eigenvalue weighted by molar-refractivity contribution is 5.80. The predicted octanol–water partition coefficient (Wildman–Crippen LogP) is 4.78. The molecular weight excluding hydrogens is 352 g/mol. The van der Waals surface area contributed by atoms with Crippen LogP contribution < -0.4 is 10.1 Å². The molecule has 1 aromatic carbocycles. The zero-order valence-corrected chi connectivity index (χ0v) is 17.2. The zero-order valence-electron chi connectivity index (χ0n) is 17.2. The van der Waals surface area contributed by atoms with Crippen molar-refractivity contribution in [1.29, 1.82) is 0 Å². The number of carboxylic acids is 1. The summed E-state index contributed by atoms with van der Waals surface area (Å²) in [6.07, 6.45) is 6.97. The van der Waals surface area contributed by atoms with Crippen LogP contribution in [0.4, 0.5) is 0 Å². The molecule has 1 fully saturated rings. The average molecular weight is 385 g/mol. The molecule has 0 radical (unpaired) electrons. The van der Waals surface area contributed by atoms with Gasteiger partial charge in [0.05, 0.1) is 18.0 Å². The van der Waals surface area contributed by atoms with Crippen molar-refractivity contribution < 1.29 is 14.6 Å². The summed E-state index contributed by atoms with van der Waals surface area (Å²) in [6, 6.07) is 8.20. The smallest absolute Gasteiger partial charge is 0.304 e. The van der Waals surface area contributed by atoms with Gasteiger partial charge >= 0.3 is 5.97 Å². The SMILES string of the molecule is CC(C)(C)C1CCC(Oc2ccc3cc(CNCCC(=O)O)cnc3c2)CC1. The number of nitrogens with zero attached hydrogens (tertiary/aromatic N) is 1. The first kappa shape index (κ1) is 20.6. The number of aromatic nitrogens is 1. The molecule has 3 rings (SSSR count). The van der Waals surface area contributed by atoms with Gasteiger partial charge in [0.2, 0.25) is 0 Å². The first-order valence-corrected chi connectivity index (χ1v) is 10.3. The Morgan fingerprint density at radius 3 is 2.64 bits per heavy atom. The van der Waals surface area contributed by atoms with E-state index in [0.29, 0.717) is 24.6 Å². The predicted molar refractivity (Wildman–Crippen MR) is 112 cm³/mol. The largest absolute Gasteiger partial charge is 0.490 e. The minimum atomic E-state index is -0.788. The highest BCUT2D eigenvalue weighted by Gasteiger charge is 2.30. The molecule has 0 amide bonds. The third-order valence-corrected chi connectivity index (χ3v) is 5.76. The van der Waals surface area contributed by atoms with Gasteiger partial charge in [-0.1, -0.05) is 20.8 Å². The van der Waals surface area contributed by atoms with Crippen molar-refractivity contribution in [3.63, 3.8) is 0 Å². The van der Waals surface area contributed by atoms with Crippen LogP contribution in [0.2, 0.25) is 0 Å². The summed E-state index contributed by atoms with van der Waals surface area (Å²) in [4.78, 5) is 15.1. The minimum Gasteiger partial charge on any atom is -0.490 e. The maximum Gasteiger partial charge on any atom is 0.304 e. The van der Waals surface area contributed by atoms with Crippen LogP contribution in [0.25, 0.3) is 10.9 Å². The fourth-order valence-corrected chi connectivity index (χ4v) is 3.98. The summed E-state index contributed by atoms with van der Waals surface area (Å²) in [5.74, 6) is 0.892. The zero-order chi connectivity index (χ0) is 20.1. The number of fused-ring (bicyclic) bond motifs is 1. The van der Waals surface area contributed by atoms with E-state index in [1.54, 1.807) is 0 Å². The van der Waals surface area contributed by atoms with Gasteiger partial charge in [0.25, 0.3) is 0 Å². The van der Waals surface area contributed by atoms with Gasteiger partial charge in [-0.2, -0.15) is 0 Å². The topological polar surface area (TPSA) is 71.5 Å². The van der Waals surface area contributed by atoms with Crippen LogP contribution in [0.5, 0.6) is 5.75 Å². The van der Waals surface area contributed by atoms with E-state index in [0.717, 1.165) is 41.0 Å². The Hall–Kier alpha value is -2.14. The molecule has 0 atom stereocenters. The molecular formula is C23H32N2O3. The minimum absolute atomic E-state index is 0.124. The average Bonchev–Trinajstić information content (AvgIpc) is 2.65. The Kier molecular flexibility index (Phi) is 6.55. The fraction of sp³-hybridized carbons (Fsp3) is 0.565. The van der Waals surface area contributed by atoms with E-state index in [2.05, 4.69) is 43.2 Å². The molecule has 0 aliphatic heterocycles. The maximum atomic E-state index is 10.6. The van der Waals surface area contributed by atoms with Crippen LogP contribution in [0.3, 0.4) is 0 Å². The van der Waals surface area contributed by atoms with E-state index in [-0.39, 0.29) is 6.42 Å². The number of hydrogen-bond acceptors (Lipinski definition) is 4. The Morgan fingerprint density at radius 1 is 1.21 bits per heavy atom. The van der Waals surface area contributed by atoms with Gasteiger partial charge in [-0.25, -0.2) is 0 Å². The fourth-order valence-electron chi connectivity index (χ4n) is 3.98. The van der Waals surface area contributed by atoms with E-state index in [9.17, 15) is 4.79 Å². The van der Waals surface area contributed by atoms with Crippen molar-refractivity contribution in [3.05, 3.63) is 36.0 Å². The maximum absolute atomic E-state index is 10.6. The highest BCUT2D eigenvalue weighted by atomic mass is 16.5. The Morgan fingerprint density at radius 2 is 1.96 bits per heavy atom. The number of rotatable bonds is 7. The molecule has 0 unspecified atom stereocenters. The molecule has 1 heterocycles. The van der Waals surface area contributed by atoms with Gasteiger partial charge < -0.3 is 15.2 Å². The lowest BCUT2D eigenvalue weighted by Crippen LogP contribution is -2.30. The number of aliphatic carboxylic acids is 1. The van der Waals surface area contributed by atoms with Crippen LogP contribution >= 0.6 is 0 Å². The first-order valence-electron chi connectivity index (χ1n) is 10.3. The molecule has 2 N–H and O–H groups in total. The first-order chi connectivity index (χ1) is 13.3. The second-order valence-corrected chi connectivity index (χ2v) is 8.98. The van der Waals surface area contributed by atoms with Crippen molar-refractivity contribution in [3.8, 4) is 5.75 Å². The van der Waals surface area contributed by atoms with Gasteiger partial charge in [-0.3, -0.25) is 9.78 Å². The van der Waals surface area contributed by atoms with Gasteiger partial charge in [-0.05, 0) is 60.8 Å². The highest BCUT2D eigenvalue weighted by Crippen LogP contribution is 2.38. The third kappa shape index (κ3) is 5.68. The summed E-state index contributed by atoms with van der Waals surface area (Å²) in [6.45, 7) is 8.08. The normalized spacial score (nSPS) is 20.2. The van der Waals surface area contributed by atoms with Crippen molar-refractivity contribution in [2.24, 2.45) is 11.3 Å². The Labute approximate surface area is 167 Å². The Bertz CT molecular complexity index is 805. The second kappa shape index (κ2) is 8.91. The van der Waals surface area contributed by atoms with E-state index in [4.69, 9.17) is 9.84 Å². The molecule has 1 saturated carbocycles. The van der Waals surface area contributed by atoms with E-state index in [1.807, 2.05) is 18.3 Å². The molecule has 5 nitrogen and oxygen atoms in total. The molecule has 0 bridgehead atoms. The van der Waals surface area contributed by atoms with Crippen LogP contribution in [0.1, 0.15) is 58.4 Å². The van der Waals surface area contributed by atoms with Crippen LogP contribution in [-0.4, -0.2) is 28.7 Å². The molecule has 1 aliphatic rings. The summed E-state index contributed by atoms with van der Waals surface area (Å²) in [5, 5.41) is 12.9. The number of pyridine rings is 1. The lowest BCUT2D eigenvalue weighted by atomic mass is 9.72. The number of nitrogens with one attached hydrogen (secondary N) is 1. The molecule has 1 aromatic heterocycles. The van der Waals surface area contributed by atoms with Crippen molar-refractivity contribution in [2.45, 2.75) is 65.5 Å². The third-order valence-electron chi connectivity index (χ3n) is 5.76. The summed E-state index contributed by atoms with van der Waals surface area (Å²) in [5.41, 5.74) is 2.36. The number of benzene rings is 1. The van der Waals surface area contributed by atoms with Gasteiger partial charge in [0.15, 0.2) is 0 Å². The molecule has 28 heavy (non-hydrogen) atoms.